The Balaban J connectivity index is 2.25. The maximum atomic E-state index is 13.8. The number of rotatable bonds is 2. The van der Waals surface area contributed by atoms with Gasteiger partial charge in [0.15, 0.2) is 0 Å². The van der Waals surface area contributed by atoms with Crippen molar-refractivity contribution < 1.29 is 9.13 Å². The standard InChI is InChI=1S/C20H15FN2O/c1-3-23-19(11-8-14-6-4-5-7-18(14)21)17(13-22)16-10-9-15(24-2)12-20(16)23/h4-7,9-10,12H,3H2,1-2H3. The molecule has 0 aliphatic carbocycles. The molecule has 0 unspecified atom stereocenters. The zero-order chi connectivity index (χ0) is 17.1. The van der Waals surface area contributed by atoms with Gasteiger partial charge in [0, 0.05) is 18.0 Å². The highest BCUT2D eigenvalue weighted by Gasteiger charge is 2.15. The smallest absolute Gasteiger partial charge is 0.138 e. The van der Waals surface area contributed by atoms with Crippen molar-refractivity contribution in [2.24, 2.45) is 0 Å². The summed E-state index contributed by atoms with van der Waals surface area (Å²) in [5.74, 6) is 6.16. The van der Waals surface area contributed by atoms with E-state index in [1.165, 1.54) is 6.07 Å². The Morgan fingerprint density at radius 2 is 1.96 bits per heavy atom. The van der Waals surface area contributed by atoms with E-state index in [2.05, 4.69) is 17.9 Å². The Kier molecular flexibility index (Phi) is 4.22. The molecule has 0 atom stereocenters. The van der Waals surface area contributed by atoms with E-state index in [-0.39, 0.29) is 5.82 Å². The lowest BCUT2D eigenvalue weighted by molar-refractivity contribution is 0.415. The first-order chi connectivity index (χ1) is 11.7. The molecule has 0 amide bonds. The highest BCUT2D eigenvalue weighted by molar-refractivity contribution is 5.90. The molecule has 0 aliphatic rings. The van der Waals surface area contributed by atoms with E-state index in [4.69, 9.17) is 4.74 Å². The second-order valence-corrected chi connectivity index (χ2v) is 5.19. The van der Waals surface area contributed by atoms with E-state index in [0.29, 0.717) is 29.1 Å². The van der Waals surface area contributed by atoms with Crippen LogP contribution in [0.25, 0.3) is 10.9 Å². The van der Waals surface area contributed by atoms with Crippen LogP contribution in [0.4, 0.5) is 4.39 Å². The van der Waals surface area contributed by atoms with Crippen molar-refractivity contribution in [1.29, 1.82) is 5.26 Å². The fraction of sp³-hybridized carbons (Fsp3) is 0.150. The van der Waals surface area contributed by atoms with Crippen LogP contribution >= 0.6 is 0 Å². The van der Waals surface area contributed by atoms with Gasteiger partial charge in [-0.2, -0.15) is 5.26 Å². The molecule has 2 aromatic carbocycles. The first-order valence-electron chi connectivity index (χ1n) is 7.56. The van der Waals surface area contributed by atoms with Crippen molar-refractivity contribution in [3.05, 3.63) is 65.1 Å². The van der Waals surface area contributed by atoms with Crippen LogP contribution in [0.2, 0.25) is 0 Å². The van der Waals surface area contributed by atoms with Crippen LogP contribution in [0.1, 0.15) is 23.7 Å². The van der Waals surface area contributed by atoms with Crippen LogP contribution in [0.15, 0.2) is 42.5 Å². The third kappa shape index (κ3) is 2.59. The van der Waals surface area contributed by atoms with E-state index in [0.717, 1.165) is 10.9 Å². The fourth-order valence-corrected chi connectivity index (χ4v) is 2.72. The molecule has 1 aromatic heterocycles. The molecule has 0 N–H and O–H groups in total. The topological polar surface area (TPSA) is 38.0 Å². The maximum Gasteiger partial charge on any atom is 0.138 e. The van der Waals surface area contributed by atoms with Crippen LogP contribution in [0, 0.1) is 29.0 Å². The molecule has 0 saturated heterocycles. The van der Waals surface area contributed by atoms with Gasteiger partial charge in [-0.3, -0.25) is 0 Å². The summed E-state index contributed by atoms with van der Waals surface area (Å²) in [6, 6.07) is 14.1. The summed E-state index contributed by atoms with van der Waals surface area (Å²) in [6.45, 7) is 2.63. The zero-order valence-corrected chi connectivity index (χ0v) is 13.4. The molecule has 1 heterocycles. The normalized spacial score (nSPS) is 10.1. The Labute approximate surface area is 139 Å². The number of aryl methyl sites for hydroxylation is 1. The summed E-state index contributed by atoms with van der Waals surface area (Å²) in [5.41, 5.74) is 2.28. The average Bonchev–Trinajstić information content (AvgIpc) is 2.92. The van der Waals surface area contributed by atoms with Crippen LogP contribution in [0.5, 0.6) is 5.75 Å². The van der Waals surface area contributed by atoms with Crippen LogP contribution in [-0.4, -0.2) is 11.7 Å². The lowest BCUT2D eigenvalue weighted by atomic mass is 10.1. The molecule has 0 aliphatic heterocycles. The minimum atomic E-state index is -0.371. The largest absolute Gasteiger partial charge is 0.497 e. The molecule has 3 aromatic rings. The number of benzene rings is 2. The van der Waals surface area contributed by atoms with Gasteiger partial charge in [0.25, 0.3) is 0 Å². The predicted molar refractivity (Wildman–Crippen MR) is 91.3 cm³/mol. The molecule has 0 bridgehead atoms. The molecule has 24 heavy (non-hydrogen) atoms. The van der Waals surface area contributed by atoms with E-state index in [1.807, 2.05) is 29.7 Å². The number of hydrogen-bond acceptors (Lipinski definition) is 2. The number of aromatic nitrogens is 1. The summed E-state index contributed by atoms with van der Waals surface area (Å²) in [5, 5.41) is 10.4. The monoisotopic (exact) mass is 318 g/mol. The molecule has 118 valence electrons. The van der Waals surface area contributed by atoms with Gasteiger partial charge in [-0.25, -0.2) is 4.39 Å². The molecule has 0 spiro atoms. The van der Waals surface area contributed by atoms with Crippen molar-refractivity contribution >= 4 is 10.9 Å². The van der Waals surface area contributed by atoms with E-state index in [1.54, 1.807) is 25.3 Å². The van der Waals surface area contributed by atoms with Crippen LogP contribution < -0.4 is 4.74 Å². The molecule has 4 heteroatoms. The maximum absolute atomic E-state index is 13.8. The molecule has 0 radical (unpaired) electrons. The van der Waals surface area contributed by atoms with Gasteiger partial charge < -0.3 is 9.30 Å². The number of methoxy groups -OCH3 is 1. The Bertz CT molecular complexity index is 1020. The fourth-order valence-electron chi connectivity index (χ4n) is 2.72. The average molecular weight is 318 g/mol. The minimum Gasteiger partial charge on any atom is -0.497 e. The van der Waals surface area contributed by atoms with Crippen molar-refractivity contribution in [2.45, 2.75) is 13.5 Å². The Morgan fingerprint density at radius 3 is 2.62 bits per heavy atom. The lowest BCUT2D eigenvalue weighted by Gasteiger charge is -2.04. The van der Waals surface area contributed by atoms with Crippen LogP contribution in [0.3, 0.4) is 0 Å². The number of hydrogen-bond donors (Lipinski definition) is 0. The van der Waals surface area contributed by atoms with Crippen molar-refractivity contribution in [3.63, 3.8) is 0 Å². The highest BCUT2D eigenvalue weighted by atomic mass is 19.1. The quantitative estimate of drug-likeness (QED) is 0.668. The Hall–Kier alpha value is -3.24. The van der Waals surface area contributed by atoms with Gasteiger partial charge in [0.1, 0.15) is 23.3 Å². The number of nitrogens with zero attached hydrogens (tertiary/aromatic N) is 2. The molecular weight excluding hydrogens is 303 g/mol. The van der Waals surface area contributed by atoms with Crippen molar-refractivity contribution in [1.82, 2.24) is 4.57 Å². The zero-order valence-electron chi connectivity index (χ0n) is 13.4. The molecular formula is C20H15FN2O. The number of fused-ring (bicyclic) bond motifs is 1. The molecule has 3 nitrogen and oxygen atoms in total. The summed E-state index contributed by atoms with van der Waals surface area (Å²) in [4.78, 5) is 0. The van der Waals surface area contributed by atoms with E-state index in [9.17, 15) is 9.65 Å². The Morgan fingerprint density at radius 1 is 1.17 bits per heavy atom. The SMILES string of the molecule is CCn1c(C#Cc2ccccc2F)c(C#N)c2ccc(OC)cc21. The second-order valence-electron chi connectivity index (χ2n) is 5.19. The van der Waals surface area contributed by atoms with Gasteiger partial charge in [-0.1, -0.05) is 18.1 Å². The van der Waals surface area contributed by atoms with Crippen molar-refractivity contribution in [2.75, 3.05) is 7.11 Å². The van der Waals surface area contributed by atoms with Gasteiger partial charge in [-0.15, -0.1) is 0 Å². The number of nitriles is 1. The van der Waals surface area contributed by atoms with Gasteiger partial charge in [-0.05, 0) is 37.1 Å². The van der Waals surface area contributed by atoms with Crippen LogP contribution in [-0.2, 0) is 6.54 Å². The second kappa shape index (κ2) is 6.48. The minimum absolute atomic E-state index is 0.312. The summed E-state index contributed by atoms with van der Waals surface area (Å²) >= 11 is 0. The summed E-state index contributed by atoms with van der Waals surface area (Å²) < 4.78 is 21.0. The molecule has 3 rings (SSSR count). The molecule has 0 saturated carbocycles. The van der Waals surface area contributed by atoms with Gasteiger partial charge >= 0.3 is 0 Å². The lowest BCUT2D eigenvalue weighted by Crippen LogP contribution is -1.98. The molecule has 0 fully saturated rings. The highest BCUT2D eigenvalue weighted by Crippen LogP contribution is 2.28. The number of halogens is 1. The first-order valence-corrected chi connectivity index (χ1v) is 7.56. The van der Waals surface area contributed by atoms with Crippen molar-refractivity contribution in [3.8, 4) is 23.7 Å². The predicted octanol–water partition coefficient (Wildman–Crippen LogP) is 4.08. The van der Waals surface area contributed by atoms with Gasteiger partial charge in [0.2, 0.25) is 0 Å². The summed E-state index contributed by atoms with van der Waals surface area (Å²) in [6.07, 6.45) is 0. The number of ether oxygens (including phenoxy) is 1. The first kappa shape index (κ1) is 15.6. The van der Waals surface area contributed by atoms with Gasteiger partial charge in [0.05, 0.1) is 23.8 Å². The van der Waals surface area contributed by atoms with E-state index >= 15 is 0 Å². The summed E-state index contributed by atoms with van der Waals surface area (Å²) in [7, 11) is 1.60. The third-order valence-corrected chi connectivity index (χ3v) is 3.89. The third-order valence-electron chi connectivity index (χ3n) is 3.89. The van der Waals surface area contributed by atoms with E-state index < -0.39 is 0 Å².